The maximum Gasteiger partial charge on any atom is 0.196 e. The van der Waals surface area contributed by atoms with Crippen LogP contribution in [0.25, 0.3) is 0 Å². The fourth-order valence-electron chi connectivity index (χ4n) is 5.97. The zero-order valence-corrected chi connectivity index (χ0v) is 25.6. The second-order valence-corrected chi connectivity index (χ2v) is 18.4. The molecule has 38 heavy (non-hydrogen) atoms. The van der Waals surface area contributed by atoms with Gasteiger partial charge in [-0.2, -0.15) is 0 Å². The molecule has 1 aliphatic carbocycles. The van der Waals surface area contributed by atoms with Crippen LogP contribution in [0, 0.1) is 5.92 Å². The van der Waals surface area contributed by atoms with E-state index >= 15 is 0 Å². The summed E-state index contributed by atoms with van der Waals surface area (Å²) < 4.78 is 55.5. The Balaban J connectivity index is 1.77. The number of benzene rings is 2. The number of sulfone groups is 2. The zero-order chi connectivity index (χ0) is 26.9. The normalized spacial score (nSPS) is 22.6. The number of thioether (sulfide) groups is 2. The van der Waals surface area contributed by atoms with E-state index in [9.17, 15) is 16.8 Å². The molecule has 0 amide bonds. The predicted octanol–water partition coefficient (Wildman–Crippen LogP) is 8.14. The van der Waals surface area contributed by atoms with Crippen molar-refractivity contribution in [2.75, 3.05) is 11.5 Å². The largest absolute Gasteiger partial charge is 0.222 e. The SMILES string of the molecule is O=S(=O)(c1ccccc1)C(C1CCCCCCCCCCCCC2(C1)SCCS2)S(=O)(=O)c1ccccc1. The molecule has 2 aliphatic rings. The molecule has 0 bridgehead atoms. The van der Waals surface area contributed by atoms with Gasteiger partial charge in [0.05, 0.1) is 13.9 Å². The molecule has 4 nitrogen and oxygen atoms in total. The van der Waals surface area contributed by atoms with Crippen molar-refractivity contribution in [3.8, 4) is 0 Å². The molecule has 4 rings (SSSR count). The highest BCUT2D eigenvalue weighted by atomic mass is 32.3. The topological polar surface area (TPSA) is 68.3 Å². The molecule has 1 spiro atoms. The van der Waals surface area contributed by atoms with Crippen molar-refractivity contribution in [1.29, 1.82) is 0 Å². The van der Waals surface area contributed by atoms with Gasteiger partial charge in [-0.1, -0.05) is 101 Å². The lowest BCUT2D eigenvalue weighted by Gasteiger charge is -2.35. The van der Waals surface area contributed by atoms with Crippen LogP contribution in [0.2, 0.25) is 0 Å². The standard InChI is InChI=1S/C30H42O4S4/c31-37(32,27-18-12-9-13-19-27)29(38(33,34)28-20-14-10-15-21-28)26-17-11-7-5-3-1-2-4-6-8-16-22-30(25-26)35-23-24-36-30/h9-10,12-15,18-21,26,29H,1-8,11,16-17,22-25H2. The van der Waals surface area contributed by atoms with Crippen LogP contribution < -0.4 is 0 Å². The van der Waals surface area contributed by atoms with Crippen LogP contribution in [0.4, 0.5) is 0 Å². The van der Waals surface area contributed by atoms with Gasteiger partial charge in [0, 0.05) is 11.5 Å². The lowest BCUT2D eigenvalue weighted by atomic mass is 9.95. The molecule has 2 aromatic carbocycles. The van der Waals surface area contributed by atoms with Crippen molar-refractivity contribution in [3.05, 3.63) is 60.7 Å². The predicted molar refractivity (Wildman–Crippen MR) is 162 cm³/mol. The van der Waals surface area contributed by atoms with Crippen LogP contribution >= 0.6 is 23.5 Å². The Kier molecular flexibility index (Phi) is 11.1. The van der Waals surface area contributed by atoms with Crippen molar-refractivity contribution < 1.29 is 16.8 Å². The summed E-state index contributed by atoms with van der Waals surface area (Å²) in [5.74, 6) is 1.62. The lowest BCUT2D eigenvalue weighted by molar-refractivity contribution is 0.406. The molecule has 0 radical (unpaired) electrons. The van der Waals surface area contributed by atoms with Crippen LogP contribution in [0.5, 0.6) is 0 Å². The first-order chi connectivity index (χ1) is 18.4. The first-order valence-corrected chi connectivity index (χ1v) is 19.3. The minimum absolute atomic E-state index is 0.0983. The number of hydrogen-bond donors (Lipinski definition) is 0. The molecule has 1 saturated carbocycles. The second-order valence-electron chi connectivity index (χ2n) is 10.7. The summed E-state index contributed by atoms with van der Waals surface area (Å²) in [6.45, 7) is 0. The Morgan fingerprint density at radius 3 is 1.50 bits per heavy atom. The molecule has 0 N–H and O–H groups in total. The summed E-state index contributed by atoms with van der Waals surface area (Å²) in [6, 6.07) is 16.4. The molecule has 2 fully saturated rings. The van der Waals surface area contributed by atoms with Gasteiger partial charge < -0.3 is 0 Å². The summed E-state index contributed by atoms with van der Waals surface area (Å²) in [5, 5.41) is 0. The summed E-state index contributed by atoms with van der Waals surface area (Å²) >= 11 is 3.87. The van der Waals surface area contributed by atoms with Crippen LogP contribution in [-0.4, -0.2) is 37.0 Å². The van der Waals surface area contributed by atoms with Gasteiger partial charge in [0.25, 0.3) is 0 Å². The van der Waals surface area contributed by atoms with E-state index in [4.69, 9.17) is 0 Å². The minimum atomic E-state index is -4.14. The highest BCUT2D eigenvalue weighted by Gasteiger charge is 2.49. The highest BCUT2D eigenvalue weighted by Crippen LogP contribution is 2.53. The summed E-state index contributed by atoms with van der Waals surface area (Å²) in [4.78, 5) is 0.197. The Bertz CT molecular complexity index is 1120. The van der Waals surface area contributed by atoms with Crippen LogP contribution in [-0.2, 0) is 19.7 Å². The molecular weight excluding hydrogens is 553 g/mol. The molecule has 0 aromatic heterocycles. The van der Waals surface area contributed by atoms with E-state index in [0.29, 0.717) is 12.8 Å². The first-order valence-electron chi connectivity index (χ1n) is 14.2. The molecule has 1 aliphatic heterocycles. The Labute approximate surface area is 239 Å². The number of hydrogen-bond acceptors (Lipinski definition) is 6. The van der Waals surface area contributed by atoms with E-state index in [2.05, 4.69) is 0 Å². The number of rotatable bonds is 5. The second kappa shape index (κ2) is 14.1. The monoisotopic (exact) mass is 594 g/mol. The van der Waals surface area contributed by atoms with E-state index in [1.54, 1.807) is 60.7 Å². The van der Waals surface area contributed by atoms with Gasteiger partial charge in [0.1, 0.15) is 0 Å². The highest BCUT2D eigenvalue weighted by molar-refractivity contribution is 8.21. The first kappa shape index (κ1) is 30.0. The lowest BCUT2D eigenvalue weighted by Crippen LogP contribution is -2.40. The van der Waals surface area contributed by atoms with Gasteiger partial charge >= 0.3 is 0 Å². The van der Waals surface area contributed by atoms with Crippen molar-refractivity contribution in [2.45, 2.75) is 102 Å². The van der Waals surface area contributed by atoms with Crippen LogP contribution in [0.3, 0.4) is 0 Å². The van der Waals surface area contributed by atoms with Gasteiger partial charge in [-0.15, -0.1) is 23.5 Å². The van der Waals surface area contributed by atoms with Crippen molar-refractivity contribution in [2.24, 2.45) is 5.92 Å². The van der Waals surface area contributed by atoms with Crippen molar-refractivity contribution in [3.63, 3.8) is 0 Å². The summed E-state index contributed by atoms with van der Waals surface area (Å²) in [6.07, 6.45) is 13.9. The maximum absolute atomic E-state index is 14.3. The third-order valence-corrected chi connectivity index (χ3v) is 16.9. The molecule has 1 atom stereocenters. The van der Waals surface area contributed by atoms with Crippen molar-refractivity contribution >= 4 is 43.2 Å². The summed E-state index contributed by atoms with van der Waals surface area (Å²) in [5.41, 5.74) is 0. The smallest absolute Gasteiger partial charge is 0.196 e. The fourth-order valence-corrected chi connectivity index (χ4v) is 14.5. The van der Waals surface area contributed by atoms with Gasteiger partial charge in [0.2, 0.25) is 0 Å². The Hall–Kier alpha value is -0.960. The third-order valence-electron chi connectivity index (χ3n) is 7.91. The zero-order valence-electron chi connectivity index (χ0n) is 22.3. The Morgan fingerprint density at radius 2 is 1.03 bits per heavy atom. The Morgan fingerprint density at radius 1 is 0.605 bits per heavy atom. The summed E-state index contributed by atoms with van der Waals surface area (Å²) in [7, 11) is -8.29. The molecule has 8 heteroatoms. The molecule has 1 unspecified atom stereocenters. The van der Waals surface area contributed by atoms with E-state index in [0.717, 1.165) is 43.6 Å². The van der Waals surface area contributed by atoms with E-state index < -0.39 is 30.2 Å². The van der Waals surface area contributed by atoms with Gasteiger partial charge in [-0.25, -0.2) is 16.8 Å². The van der Waals surface area contributed by atoms with E-state index in [1.807, 2.05) is 23.5 Å². The van der Waals surface area contributed by atoms with Crippen LogP contribution in [0.15, 0.2) is 70.5 Å². The minimum Gasteiger partial charge on any atom is -0.222 e. The van der Waals surface area contributed by atoms with E-state index in [1.165, 1.54) is 38.5 Å². The average molecular weight is 595 g/mol. The molecule has 210 valence electrons. The van der Waals surface area contributed by atoms with Gasteiger partial charge in [-0.3, -0.25) is 0 Å². The maximum atomic E-state index is 14.3. The quantitative estimate of drug-likeness (QED) is 0.348. The molecule has 1 heterocycles. The average Bonchev–Trinajstić information content (AvgIpc) is 3.37. The molecular formula is C30H42O4S4. The molecule has 1 saturated heterocycles. The molecule has 2 aromatic rings. The van der Waals surface area contributed by atoms with Crippen LogP contribution in [0.1, 0.15) is 83.5 Å². The van der Waals surface area contributed by atoms with Crippen molar-refractivity contribution in [1.82, 2.24) is 0 Å². The third kappa shape index (κ3) is 7.61. The van der Waals surface area contributed by atoms with E-state index in [-0.39, 0.29) is 13.9 Å². The van der Waals surface area contributed by atoms with Gasteiger partial charge in [0.15, 0.2) is 24.3 Å². The van der Waals surface area contributed by atoms with Gasteiger partial charge in [-0.05, 0) is 49.4 Å². The fraction of sp³-hybridized carbons (Fsp3) is 0.600.